The minimum Gasteiger partial charge on any atom is -0.206 e. The third-order valence-electron chi connectivity index (χ3n) is 3.18. The Morgan fingerprint density at radius 3 is 2.20 bits per heavy atom. The number of hydrogen-bond acceptors (Lipinski definition) is 0. The van der Waals surface area contributed by atoms with Gasteiger partial charge in [0.05, 0.1) is 5.56 Å². The summed E-state index contributed by atoms with van der Waals surface area (Å²) in [4.78, 5) is 0. The summed E-state index contributed by atoms with van der Waals surface area (Å²) in [5.74, 6) is -4.23. The van der Waals surface area contributed by atoms with Crippen LogP contribution in [0.4, 0.5) is 17.6 Å². The third-order valence-corrected chi connectivity index (χ3v) is 3.18. The minimum absolute atomic E-state index is 0.147. The van der Waals surface area contributed by atoms with Crippen molar-refractivity contribution < 1.29 is 17.6 Å². The van der Waals surface area contributed by atoms with Gasteiger partial charge in [0.15, 0.2) is 11.6 Å². The van der Waals surface area contributed by atoms with Crippen LogP contribution in [0.15, 0.2) is 24.3 Å². The van der Waals surface area contributed by atoms with E-state index in [4.69, 9.17) is 0 Å². The minimum atomic E-state index is -1.36. The SMILES string of the molecule is CCCc1ccc(-c2c(F)cc(C)c(F)c2F)c(F)c1. The maximum absolute atomic E-state index is 14.0. The van der Waals surface area contributed by atoms with Crippen LogP contribution in [0.5, 0.6) is 0 Å². The van der Waals surface area contributed by atoms with Crippen molar-refractivity contribution in [3.05, 3.63) is 58.7 Å². The molecule has 2 rings (SSSR count). The molecule has 0 aromatic heterocycles. The van der Waals surface area contributed by atoms with Gasteiger partial charge in [-0.2, -0.15) is 0 Å². The molecule has 0 atom stereocenters. The first kappa shape index (κ1) is 14.6. The topological polar surface area (TPSA) is 0 Å². The van der Waals surface area contributed by atoms with E-state index in [1.807, 2.05) is 6.92 Å². The highest BCUT2D eigenvalue weighted by Crippen LogP contribution is 2.31. The molecule has 4 heteroatoms. The van der Waals surface area contributed by atoms with Crippen LogP contribution in [0.1, 0.15) is 24.5 Å². The normalized spacial score (nSPS) is 10.9. The second-order valence-corrected chi connectivity index (χ2v) is 4.74. The molecule has 0 aliphatic rings. The van der Waals surface area contributed by atoms with Gasteiger partial charge in [-0.15, -0.1) is 0 Å². The monoisotopic (exact) mass is 282 g/mol. The molecule has 0 fully saturated rings. The van der Waals surface area contributed by atoms with Gasteiger partial charge in [0.25, 0.3) is 0 Å². The van der Waals surface area contributed by atoms with Crippen LogP contribution >= 0.6 is 0 Å². The molecule has 20 heavy (non-hydrogen) atoms. The lowest BCUT2D eigenvalue weighted by Gasteiger charge is -2.10. The molecule has 0 N–H and O–H groups in total. The summed E-state index contributed by atoms with van der Waals surface area (Å²) in [6.07, 6.45) is 1.51. The first-order chi connectivity index (χ1) is 9.45. The van der Waals surface area contributed by atoms with Crippen LogP contribution < -0.4 is 0 Å². The Kier molecular flexibility index (Phi) is 4.12. The van der Waals surface area contributed by atoms with Gasteiger partial charge in [-0.25, -0.2) is 17.6 Å². The van der Waals surface area contributed by atoms with Crippen molar-refractivity contribution in [1.29, 1.82) is 0 Å². The fourth-order valence-corrected chi connectivity index (χ4v) is 2.17. The summed E-state index contributed by atoms with van der Waals surface area (Å²) in [5.41, 5.74) is -0.332. The lowest BCUT2D eigenvalue weighted by molar-refractivity contribution is 0.492. The Hall–Kier alpha value is -1.84. The molecule has 0 radical (unpaired) electrons. The van der Waals surface area contributed by atoms with Crippen LogP contribution in [0.3, 0.4) is 0 Å². The van der Waals surface area contributed by atoms with Crippen molar-refractivity contribution in [2.45, 2.75) is 26.7 Å². The lowest BCUT2D eigenvalue weighted by atomic mass is 9.99. The Morgan fingerprint density at radius 1 is 0.900 bits per heavy atom. The van der Waals surface area contributed by atoms with Gasteiger partial charge in [0.2, 0.25) is 0 Å². The van der Waals surface area contributed by atoms with Crippen molar-refractivity contribution >= 4 is 0 Å². The predicted octanol–water partition coefficient (Wildman–Crippen LogP) is 5.17. The smallest absolute Gasteiger partial charge is 0.169 e. The fourth-order valence-electron chi connectivity index (χ4n) is 2.17. The molecule has 0 aliphatic heterocycles. The Morgan fingerprint density at radius 2 is 1.60 bits per heavy atom. The fraction of sp³-hybridized carbons (Fsp3) is 0.250. The number of benzene rings is 2. The van der Waals surface area contributed by atoms with E-state index in [9.17, 15) is 17.6 Å². The van der Waals surface area contributed by atoms with E-state index < -0.39 is 28.8 Å². The van der Waals surface area contributed by atoms with Gasteiger partial charge < -0.3 is 0 Å². The largest absolute Gasteiger partial charge is 0.206 e. The van der Waals surface area contributed by atoms with E-state index in [1.165, 1.54) is 19.1 Å². The quantitative estimate of drug-likeness (QED) is 0.538. The summed E-state index contributed by atoms with van der Waals surface area (Å²) in [7, 11) is 0. The number of hydrogen-bond donors (Lipinski definition) is 0. The van der Waals surface area contributed by atoms with Crippen molar-refractivity contribution in [2.24, 2.45) is 0 Å². The molecule has 0 aliphatic carbocycles. The highest BCUT2D eigenvalue weighted by atomic mass is 19.2. The molecule has 0 amide bonds. The van der Waals surface area contributed by atoms with Gasteiger partial charge in [0, 0.05) is 5.56 Å². The van der Waals surface area contributed by atoms with Crippen LogP contribution in [0.25, 0.3) is 11.1 Å². The van der Waals surface area contributed by atoms with Gasteiger partial charge in [0.1, 0.15) is 11.6 Å². The molecule has 0 spiro atoms. The summed E-state index contributed by atoms with van der Waals surface area (Å²) >= 11 is 0. The van der Waals surface area contributed by atoms with Crippen LogP contribution in [-0.4, -0.2) is 0 Å². The molecule has 106 valence electrons. The molecule has 0 unspecified atom stereocenters. The standard InChI is InChI=1S/C16H14F4/c1-3-4-10-5-6-11(12(17)8-10)14-13(18)7-9(2)15(19)16(14)20/h5-8H,3-4H2,1-2H3. The predicted molar refractivity (Wildman–Crippen MR) is 70.4 cm³/mol. The Labute approximate surface area is 115 Å². The lowest BCUT2D eigenvalue weighted by Crippen LogP contribution is -2.00. The molecule has 2 aromatic carbocycles. The van der Waals surface area contributed by atoms with Crippen molar-refractivity contribution in [2.75, 3.05) is 0 Å². The molecule has 0 heterocycles. The number of halogens is 4. The molecule has 0 saturated heterocycles. The number of aryl methyl sites for hydroxylation is 2. The van der Waals surface area contributed by atoms with E-state index in [-0.39, 0.29) is 11.1 Å². The number of rotatable bonds is 3. The zero-order chi connectivity index (χ0) is 14.9. The average molecular weight is 282 g/mol. The highest BCUT2D eigenvalue weighted by molar-refractivity contribution is 5.66. The van der Waals surface area contributed by atoms with Crippen LogP contribution in [0.2, 0.25) is 0 Å². The zero-order valence-corrected chi connectivity index (χ0v) is 11.2. The van der Waals surface area contributed by atoms with Crippen molar-refractivity contribution in [3.8, 4) is 11.1 Å². The summed E-state index contributed by atoms with van der Waals surface area (Å²) in [6.45, 7) is 3.20. The molecular formula is C16H14F4. The Balaban J connectivity index is 2.60. The molecule has 2 aromatic rings. The van der Waals surface area contributed by atoms with Gasteiger partial charge in [-0.1, -0.05) is 25.5 Å². The molecular weight excluding hydrogens is 268 g/mol. The summed E-state index contributed by atoms with van der Waals surface area (Å²) in [6, 6.07) is 4.98. The van der Waals surface area contributed by atoms with E-state index in [1.54, 1.807) is 6.07 Å². The van der Waals surface area contributed by atoms with E-state index >= 15 is 0 Å². The summed E-state index contributed by atoms with van der Waals surface area (Å²) in [5, 5.41) is 0. The van der Waals surface area contributed by atoms with Crippen LogP contribution in [-0.2, 0) is 6.42 Å². The van der Waals surface area contributed by atoms with Gasteiger partial charge >= 0.3 is 0 Å². The van der Waals surface area contributed by atoms with E-state index in [0.29, 0.717) is 6.42 Å². The molecule has 0 saturated carbocycles. The molecule has 0 nitrogen and oxygen atoms in total. The summed E-state index contributed by atoms with van der Waals surface area (Å²) < 4.78 is 55.2. The maximum Gasteiger partial charge on any atom is 0.169 e. The van der Waals surface area contributed by atoms with Gasteiger partial charge in [-0.05, 0) is 36.6 Å². The maximum atomic E-state index is 14.0. The first-order valence-corrected chi connectivity index (χ1v) is 6.38. The van der Waals surface area contributed by atoms with Crippen molar-refractivity contribution in [1.82, 2.24) is 0 Å². The van der Waals surface area contributed by atoms with Crippen LogP contribution in [0, 0.1) is 30.2 Å². The van der Waals surface area contributed by atoms with E-state index in [0.717, 1.165) is 18.1 Å². The van der Waals surface area contributed by atoms with Gasteiger partial charge in [-0.3, -0.25) is 0 Å². The second kappa shape index (κ2) is 5.65. The second-order valence-electron chi connectivity index (χ2n) is 4.74. The van der Waals surface area contributed by atoms with E-state index in [2.05, 4.69) is 0 Å². The highest BCUT2D eigenvalue weighted by Gasteiger charge is 2.20. The van der Waals surface area contributed by atoms with Crippen molar-refractivity contribution in [3.63, 3.8) is 0 Å². The molecule has 0 bridgehead atoms. The average Bonchev–Trinajstić information content (AvgIpc) is 2.39. The third kappa shape index (κ3) is 2.55. The Bertz CT molecular complexity index is 647. The zero-order valence-electron chi connectivity index (χ0n) is 11.2. The first-order valence-electron chi connectivity index (χ1n) is 6.38.